The second kappa shape index (κ2) is 7.20. The first-order valence-electron chi connectivity index (χ1n) is 7.22. The van der Waals surface area contributed by atoms with Crippen molar-refractivity contribution in [3.05, 3.63) is 60.3 Å². The van der Waals surface area contributed by atoms with E-state index < -0.39 is 0 Å². The summed E-state index contributed by atoms with van der Waals surface area (Å²) in [5, 5.41) is 0. The van der Waals surface area contributed by atoms with Gasteiger partial charge in [-0.25, -0.2) is 0 Å². The molecule has 0 spiro atoms. The molecule has 1 unspecified atom stereocenters. The van der Waals surface area contributed by atoms with Crippen molar-refractivity contribution in [3.63, 3.8) is 0 Å². The summed E-state index contributed by atoms with van der Waals surface area (Å²) in [6.45, 7) is 3.85. The molecule has 0 saturated carbocycles. The molecule has 0 amide bonds. The quantitative estimate of drug-likeness (QED) is 0.570. The predicted octanol–water partition coefficient (Wildman–Crippen LogP) is 5.51. The van der Waals surface area contributed by atoms with Gasteiger partial charge in [-0.3, -0.25) is 0 Å². The molecular weight excluding hydrogens is 216 g/mol. The minimum atomic E-state index is 0.865. The molecule has 0 aliphatic heterocycles. The van der Waals surface area contributed by atoms with E-state index in [1.807, 2.05) is 6.08 Å². The minimum Gasteiger partial charge on any atom is -0.0988 e. The fourth-order valence-electron chi connectivity index (χ4n) is 2.75. The molecule has 0 fully saturated rings. The molecule has 0 heteroatoms. The largest absolute Gasteiger partial charge is 0.0988 e. The van der Waals surface area contributed by atoms with Crippen LogP contribution in [0.25, 0.3) is 0 Å². The van der Waals surface area contributed by atoms with E-state index in [1.54, 1.807) is 0 Å². The summed E-state index contributed by atoms with van der Waals surface area (Å²) in [5.74, 6) is 0.865. The van der Waals surface area contributed by atoms with Crippen molar-refractivity contribution in [2.24, 2.45) is 5.92 Å². The highest BCUT2D eigenvalue weighted by atomic mass is 14.2. The van der Waals surface area contributed by atoms with E-state index in [9.17, 15) is 0 Å². The van der Waals surface area contributed by atoms with Crippen LogP contribution in [0.5, 0.6) is 0 Å². The van der Waals surface area contributed by atoms with E-state index in [0.717, 1.165) is 12.3 Å². The monoisotopic (exact) mass is 240 g/mol. The van der Waals surface area contributed by atoms with Crippen LogP contribution in [-0.4, -0.2) is 0 Å². The highest BCUT2D eigenvalue weighted by Gasteiger charge is 2.11. The molecule has 0 saturated heterocycles. The van der Waals surface area contributed by atoms with E-state index in [1.165, 1.54) is 49.7 Å². The van der Waals surface area contributed by atoms with Crippen LogP contribution in [0, 0.1) is 5.92 Å². The molecule has 0 aromatic heterocycles. The average Bonchev–Trinajstić information content (AvgIpc) is 2.57. The third kappa shape index (κ3) is 4.18. The summed E-state index contributed by atoms with van der Waals surface area (Å²) in [6, 6.07) is 0. The maximum atomic E-state index is 3.85. The Labute approximate surface area is 111 Å². The lowest BCUT2D eigenvalue weighted by molar-refractivity contribution is 0.434. The van der Waals surface area contributed by atoms with Crippen molar-refractivity contribution in [1.29, 1.82) is 0 Å². The molecule has 0 aromatic rings. The Kier molecular flexibility index (Phi) is 5.26. The lowest BCUT2D eigenvalue weighted by atomic mass is 9.88. The normalized spacial score (nSPS) is 26.3. The van der Waals surface area contributed by atoms with Gasteiger partial charge < -0.3 is 0 Å². The molecule has 0 heterocycles. The van der Waals surface area contributed by atoms with Gasteiger partial charge in [-0.1, -0.05) is 49.1 Å². The second-order valence-corrected chi connectivity index (χ2v) is 5.34. The highest BCUT2D eigenvalue weighted by Crippen LogP contribution is 2.27. The van der Waals surface area contributed by atoms with Gasteiger partial charge in [0.15, 0.2) is 0 Å². The maximum Gasteiger partial charge on any atom is -0.00944 e. The second-order valence-electron chi connectivity index (χ2n) is 5.34. The van der Waals surface area contributed by atoms with Gasteiger partial charge in [0.2, 0.25) is 0 Å². The molecule has 1 atom stereocenters. The Hall–Kier alpha value is -1.30. The van der Waals surface area contributed by atoms with E-state index in [4.69, 9.17) is 0 Å². The topological polar surface area (TPSA) is 0 Å². The molecule has 0 aromatic carbocycles. The first-order chi connectivity index (χ1) is 8.88. The van der Waals surface area contributed by atoms with Gasteiger partial charge in [-0.2, -0.15) is 0 Å². The fourth-order valence-corrected chi connectivity index (χ4v) is 2.75. The lowest BCUT2D eigenvalue weighted by Gasteiger charge is -2.17. The molecule has 2 aliphatic rings. The van der Waals surface area contributed by atoms with Crippen molar-refractivity contribution >= 4 is 0 Å². The van der Waals surface area contributed by atoms with Crippen LogP contribution < -0.4 is 0 Å². The molecule has 96 valence electrons. The Bertz CT molecular complexity index is 390. The standard InChI is InChI=1S/C18H24/c1-2-16-11-8-12-18(14-13-16)15-17-9-6-4-3-5-7-10-17/h2-4,8,12-14,17H,1,5-7,9-11,15H2/b4-3-. The van der Waals surface area contributed by atoms with Crippen LogP contribution in [-0.2, 0) is 0 Å². The molecule has 0 radical (unpaired) electrons. The van der Waals surface area contributed by atoms with E-state index in [-0.39, 0.29) is 0 Å². The van der Waals surface area contributed by atoms with Gasteiger partial charge in [0, 0.05) is 0 Å². The Morgan fingerprint density at radius 3 is 2.89 bits per heavy atom. The van der Waals surface area contributed by atoms with Crippen molar-refractivity contribution < 1.29 is 0 Å². The van der Waals surface area contributed by atoms with Crippen LogP contribution in [0.2, 0.25) is 0 Å². The fraction of sp³-hybridized carbons (Fsp3) is 0.444. The third-order valence-corrected chi connectivity index (χ3v) is 3.87. The van der Waals surface area contributed by atoms with Crippen molar-refractivity contribution in [1.82, 2.24) is 0 Å². The van der Waals surface area contributed by atoms with Crippen molar-refractivity contribution in [2.45, 2.75) is 44.9 Å². The molecule has 18 heavy (non-hydrogen) atoms. The molecule has 0 N–H and O–H groups in total. The number of allylic oxidation sites excluding steroid dienone is 9. The molecule has 0 bridgehead atoms. The van der Waals surface area contributed by atoms with Crippen LogP contribution in [0.15, 0.2) is 60.3 Å². The van der Waals surface area contributed by atoms with Crippen LogP contribution in [0.1, 0.15) is 44.9 Å². The third-order valence-electron chi connectivity index (χ3n) is 3.87. The van der Waals surface area contributed by atoms with Crippen molar-refractivity contribution in [2.75, 3.05) is 0 Å². The summed E-state index contributed by atoms with van der Waals surface area (Å²) < 4.78 is 0. The summed E-state index contributed by atoms with van der Waals surface area (Å²) in [7, 11) is 0. The van der Waals surface area contributed by atoms with Gasteiger partial charge in [0.05, 0.1) is 0 Å². The van der Waals surface area contributed by atoms with E-state index in [0.29, 0.717) is 0 Å². The molecule has 0 nitrogen and oxygen atoms in total. The number of hydrogen-bond donors (Lipinski definition) is 0. The lowest BCUT2D eigenvalue weighted by Crippen LogP contribution is -2.02. The zero-order valence-corrected chi connectivity index (χ0v) is 11.3. The summed E-state index contributed by atoms with van der Waals surface area (Å²) >= 11 is 0. The van der Waals surface area contributed by atoms with Gasteiger partial charge in [-0.15, -0.1) is 0 Å². The predicted molar refractivity (Wildman–Crippen MR) is 80.5 cm³/mol. The van der Waals surface area contributed by atoms with Crippen LogP contribution in [0.3, 0.4) is 0 Å². The Morgan fingerprint density at radius 2 is 2.00 bits per heavy atom. The van der Waals surface area contributed by atoms with Gasteiger partial charge >= 0.3 is 0 Å². The number of hydrogen-bond acceptors (Lipinski definition) is 0. The van der Waals surface area contributed by atoms with Gasteiger partial charge in [0.25, 0.3) is 0 Å². The highest BCUT2D eigenvalue weighted by molar-refractivity contribution is 5.34. The Morgan fingerprint density at radius 1 is 1.11 bits per heavy atom. The zero-order valence-electron chi connectivity index (χ0n) is 11.3. The van der Waals surface area contributed by atoms with Crippen LogP contribution >= 0.6 is 0 Å². The first-order valence-corrected chi connectivity index (χ1v) is 7.22. The zero-order chi connectivity index (χ0) is 12.6. The SMILES string of the molecule is C=CC1=CC=C(CC2CC/C=C\CCC2)C=CC1. The van der Waals surface area contributed by atoms with Crippen LogP contribution in [0.4, 0.5) is 0 Å². The van der Waals surface area contributed by atoms with Gasteiger partial charge in [-0.05, 0) is 62.0 Å². The van der Waals surface area contributed by atoms with E-state index in [2.05, 4.69) is 43.0 Å². The molecular formula is C18H24. The summed E-state index contributed by atoms with van der Waals surface area (Å²) in [5.41, 5.74) is 2.81. The average molecular weight is 240 g/mol. The molecule has 2 rings (SSSR count). The van der Waals surface area contributed by atoms with Gasteiger partial charge in [0.1, 0.15) is 0 Å². The first kappa shape index (κ1) is 13.1. The van der Waals surface area contributed by atoms with E-state index >= 15 is 0 Å². The Balaban J connectivity index is 1.95. The molecule has 2 aliphatic carbocycles. The smallest absolute Gasteiger partial charge is 0.00944 e. The summed E-state index contributed by atoms with van der Waals surface area (Å²) in [6.07, 6.45) is 24.6. The van der Waals surface area contributed by atoms with Crippen molar-refractivity contribution in [3.8, 4) is 0 Å². The minimum absolute atomic E-state index is 0.865. The summed E-state index contributed by atoms with van der Waals surface area (Å²) in [4.78, 5) is 0. The number of rotatable bonds is 3. The maximum absolute atomic E-state index is 3.85.